The van der Waals surface area contributed by atoms with Gasteiger partial charge in [-0.3, -0.25) is 0 Å². The minimum atomic E-state index is 0.467. The fourth-order valence-corrected chi connectivity index (χ4v) is 5.16. The number of anilines is 1. The van der Waals surface area contributed by atoms with Crippen LogP contribution in [0.25, 0.3) is 21.9 Å². The molecule has 2 bridgehead atoms. The van der Waals surface area contributed by atoms with E-state index in [-0.39, 0.29) is 0 Å². The van der Waals surface area contributed by atoms with Crippen LogP contribution in [0.1, 0.15) is 45.1 Å². The van der Waals surface area contributed by atoms with E-state index in [1.54, 1.807) is 0 Å². The second-order valence-corrected chi connectivity index (χ2v) is 8.20. The van der Waals surface area contributed by atoms with Crippen LogP contribution < -0.4 is 4.90 Å². The van der Waals surface area contributed by atoms with Crippen LogP contribution in [0.15, 0.2) is 40.8 Å². The van der Waals surface area contributed by atoms with Crippen molar-refractivity contribution in [1.29, 1.82) is 0 Å². The first-order valence-electron chi connectivity index (χ1n) is 9.27. The number of fused-ring (bicyclic) bond motifs is 6. The highest BCUT2D eigenvalue weighted by molar-refractivity contribution is 6.06. The molecule has 0 amide bonds. The molecule has 0 radical (unpaired) electrons. The Kier molecular flexibility index (Phi) is 2.87. The van der Waals surface area contributed by atoms with Crippen molar-refractivity contribution in [2.24, 2.45) is 5.41 Å². The van der Waals surface area contributed by atoms with Gasteiger partial charge in [-0.05, 0) is 68.7 Å². The van der Waals surface area contributed by atoms with E-state index in [0.717, 1.165) is 11.2 Å². The summed E-state index contributed by atoms with van der Waals surface area (Å²) in [5, 5.41) is 2.49. The maximum atomic E-state index is 6.07. The Bertz CT molecular complexity index is 930. The Balaban J connectivity index is 1.72. The van der Waals surface area contributed by atoms with Crippen LogP contribution in [0.4, 0.5) is 5.69 Å². The number of rotatable bonds is 1. The summed E-state index contributed by atoms with van der Waals surface area (Å²) in [6, 6.07) is 14.3. The summed E-state index contributed by atoms with van der Waals surface area (Å²) < 4.78 is 6.07. The Morgan fingerprint density at radius 2 is 1.79 bits per heavy atom. The monoisotopic (exact) mass is 319 g/mol. The molecular formula is C22H25NO. The topological polar surface area (TPSA) is 16.4 Å². The van der Waals surface area contributed by atoms with E-state index in [4.69, 9.17) is 4.42 Å². The van der Waals surface area contributed by atoms with Gasteiger partial charge in [0.05, 0.1) is 0 Å². The number of hydrogen-bond acceptors (Lipinski definition) is 2. The number of hydrogen-bond donors (Lipinski definition) is 0. The molecule has 2 saturated heterocycles. The second kappa shape index (κ2) is 4.78. The van der Waals surface area contributed by atoms with E-state index < -0.39 is 0 Å². The van der Waals surface area contributed by atoms with Crippen LogP contribution >= 0.6 is 0 Å². The summed E-state index contributed by atoms with van der Waals surface area (Å²) in [6.07, 6.45) is 5.44. The van der Waals surface area contributed by atoms with Crippen molar-refractivity contribution in [3.8, 4) is 0 Å². The zero-order valence-electron chi connectivity index (χ0n) is 14.8. The minimum absolute atomic E-state index is 0.467. The molecule has 2 aliphatic heterocycles. The minimum Gasteiger partial charge on any atom is -0.456 e. The van der Waals surface area contributed by atoms with Crippen molar-refractivity contribution < 1.29 is 4.42 Å². The van der Waals surface area contributed by atoms with E-state index in [2.05, 4.69) is 56.0 Å². The first-order chi connectivity index (χ1) is 11.6. The number of para-hydroxylation sites is 1. The Morgan fingerprint density at radius 3 is 2.58 bits per heavy atom. The summed E-state index contributed by atoms with van der Waals surface area (Å²) in [7, 11) is 0. The smallest absolute Gasteiger partial charge is 0.135 e. The van der Waals surface area contributed by atoms with Gasteiger partial charge in [0, 0.05) is 28.5 Å². The van der Waals surface area contributed by atoms with Gasteiger partial charge < -0.3 is 9.32 Å². The predicted octanol–water partition coefficient (Wildman–Crippen LogP) is 6.05. The van der Waals surface area contributed by atoms with E-state index in [1.807, 2.05) is 6.07 Å². The fraction of sp³-hybridized carbons (Fsp3) is 0.455. The highest BCUT2D eigenvalue weighted by Gasteiger charge is 2.47. The number of piperidine rings is 2. The van der Waals surface area contributed by atoms with Gasteiger partial charge >= 0.3 is 0 Å². The van der Waals surface area contributed by atoms with Crippen LogP contribution in [0.3, 0.4) is 0 Å². The zero-order valence-corrected chi connectivity index (χ0v) is 14.8. The molecule has 2 nitrogen and oxygen atoms in total. The summed E-state index contributed by atoms with van der Waals surface area (Å²) in [5.74, 6) is 0. The van der Waals surface area contributed by atoms with Crippen molar-refractivity contribution in [2.75, 3.05) is 4.90 Å². The predicted molar refractivity (Wildman–Crippen MR) is 101 cm³/mol. The maximum Gasteiger partial charge on any atom is 0.135 e. The zero-order chi connectivity index (χ0) is 16.5. The van der Waals surface area contributed by atoms with Gasteiger partial charge in [-0.15, -0.1) is 0 Å². The van der Waals surface area contributed by atoms with E-state index >= 15 is 0 Å². The average molecular weight is 319 g/mol. The summed E-state index contributed by atoms with van der Waals surface area (Å²) in [5.41, 5.74) is 5.22. The SMILES string of the molecule is Cc1cc2oc3ccccc3c2cc1N1C2CCC(C)(CC2)[C@@H]1C. The third-order valence-corrected chi connectivity index (χ3v) is 6.89. The van der Waals surface area contributed by atoms with Gasteiger partial charge in [-0.25, -0.2) is 0 Å². The van der Waals surface area contributed by atoms with Gasteiger partial charge in [-0.1, -0.05) is 25.1 Å². The number of furan rings is 1. The molecule has 1 aromatic heterocycles. The quantitative estimate of drug-likeness (QED) is 0.542. The van der Waals surface area contributed by atoms with Gasteiger partial charge in [0.15, 0.2) is 0 Å². The molecule has 3 aliphatic rings. The molecule has 1 atom stereocenters. The summed E-state index contributed by atoms with van der Waals surface area (Å²) >= 11 is 0. The molecule has 6 rings (SSSR count). The number of aryl methyl sites for hydroxylation is 1. The van der Waals surface area contributed by atoms with Crippen LogP contribution in [0, 0.1) is 12.3 Å². The molecular weight excluding hydrogens is 294 g/mol. The highest BCUT2D eigenvalue weighted by atomic mass is 16.3. The van der Waals surface area contributed by atoms with Gasteiger partial charge in [0.25, 0.3) is 0 Å². The third kappa shape index (κ3) is 1.83. The largest absolute Gasteiger partial charge is 0.456 e. The molecule has 0 unspecified atom stereocenters. The van der Waals surface area contributed by atoms with E-state index in [0.29, 0.717) is 17.5 Å². The molecule has 3 fully saturated rings. The molecule has 3 aromatic rings. The molecule has 3 heterocycles. The normalized spacial score (nSPS) is 29.7. The Hall–Kier alpha value is -1.96. The Labute approximate surface area is 143 Å². The van der Waals surface area contributed by atoms with Crippen LogP contribution in [-0.2, 0) is 0 Å². The van der Waals surface area contributed by atoms with E-state index in [1.165, 1.54) is 47.7 Å². The van der Waals surface area contributed by atoms with Gasteiger partial charge in [0.2, 0.25) is 0 Å². The van der Waals surface area contributed by atoms with Gasteiger partial charge in [0.1, 0.15) is 11.2 Å². The van der Waals surface area contributed by atoms with Crippen molar-refractivity contribution in [3.63, 3.8) is 0 Å². The first kappa shape index (κ1) is 14.4. The lowest BCUT2D eigenvalue weighted by atomic mass is 9.64. The van der Waals surface area contributed by atoms with Crippen LogP contribution in [0.5, 0.6) is 0 Å². The molecule has 124 valence electrons. The molecule has 1 aliphatic carbocycles. The van der Waals surface area contributed by atoms with Crippen molar-refractivity contribution in [3.05, 3.63) is 42.0 Å². The van der Waals surface area contributed by atoms with E-state index in [9.17, 15) is 0 Å². The second-order valence-electron chi connectivity index (χ2n) is 8.20. The van der Waals surface area contributed by atoms with Crippen LogP contribution in [0.2, 0.25) is 0 Å². The average Bonchev–Trinajstić information content (AvgIpc) is 2.93. The lowest BCUT2D eigenvalue weighted by Crippen LogP contribution is -2.59. The van der Waals surface area contributed by atoms with Crippen molar-refractivity contribution in [2.45, 2.75) is 58.5 Å². The molecule has 2 aromatic carbocycles. The maximum absolute atomic E-state index is 6.07. The lowest BCUT2D eigenvalue weighted by molar-refractivity contribution is 0.0967. The van der Waals surface area contributed by atoms with Gasteiger partial charge in [-0.2, -0.15) is 0 Å². The van der Waals surface area contributed by atoms with Crippen LogP contribution in [-0.4, -0.2) is 12.1 Å². The lowest BCUT2D eigenvalue weighted by Gasteiger charge is -2.57. The molecule has 2 heteroatoms. The highest BCUT2D eigenvalue weighted by Crippen LogP contribution is 2.51. The Morgan fingerprint density at radius 1 is 1.04 bits per heavy atom. The van der Waals surface area contributed by atoms with Crippen molar-refractivity contribution in [1.82, 2.24) is 0 Å². The molecule has 1 saturated carbocycles. The first-order valence-corrected chi connectivity index (χ1v) is 9.27. The summed E-state index contributed by atoms with van der Waals surface area (Å²) in [4.78, 5) is 2.73. The molecule has 24 heavy (non-hydrogen) atoms. The number of benzene rings is 2. The number of nitrogens with zero attached hydrogens (tertiary/aromatic N) is 1. The van der Waals surface area contributed by atoms with Crippen molar-refractivity contribution >= 4 is 27.6 Å². The standard InChI is InChI=1S/C22H25NO/c1-14-12-21-18(17-6-4-5-7-20(17)24-21)13-19(14)23-15(2)22(3)10-8-16(23)9-11-22/h4-7,12-13,15-16H,8-11H2,1-3H3/t15-,16?,22?/m0/s1. The molecule has 0 N–H and O–H groups in total. The molecule has 0 spiro atoms. The third-order valence-electron chi connectivity index (χ3n) is 6.89. The fourth-order valence-electron chi connectivity index (χ4n) is 5.16. The summed E-state index contributed by atoms with van der Waals surface area (Å²) in [6.45, 7) is 7.16.